The number of nitrogens with one attached hydrogen (secondary N) is 2. The molecule has 0 unspecified atom stereocenters. The summed E-state index contributed by atoms with van der Waals surface area (Å²) in [5.74, 6) is 1.80. The van der Waals surface area contributed by atoms with Crippen LogP contribution < -0.4 is 10.0 Å². The lowest BCUT2D eigenvalue weighted by Gasteiger charge is -2.12. The highest BCUT2D eigenvalue weighted by molar-refractivity contribution is 7.92. The van der Waals surface area contributed by atoms with Crippen molar-refractivity contribution in [1.29, 1.82) is 0 Å². The van der Waals surface area contributed by atoms with Crippen LogP contribution >= 0.6 is 23.2 Å². The molecule has 0 spiro atoms. The lowest BCUT2D eigenvalue weighted by molar-refractivity contribution is 0.601. The van der Waals surface area contributed by atoms with Crippen molar-refractivity contribution in [2.75, 3.05) is 10.0 Å². The average Bonchev–Trinajstić information content (AvgIpc) is 3.26. The zero-order chi connectivity index (χ0) is 22.9. The lowest BCUT2D eigenvalue weighted by Crippen LogP contribution is -2.13. The molecule has 0 amide bonds. The van der Waals surface area contributed by atoms with E-state index in [-0.39, 0.29) is 9.92 Å². The first-order valence-corrected chi connectivity index (χ1v) is 11.7. The standard InChI is InChI=1S/C21H18Cl2N6O2S/c1-13-10-19(18(23)11-17(13)22)32(30,31)28-16-6-4-15(5-7-16)27-20-12-21(26-14(2)25-20)29-9-3-8-24-29/h3-12,28H,1-2H3,(H,25,26,27). The predicted octanol–water partition coefficient (Wildman–Crippen LogP) is 5.13. The summed E-state index contributed by atoms with van der Waals surface area (Å²) >= 11 is 12.1. The van der Waals surface area contributed by atoms with Crippen LogP contribution in [-0.4, -0.2) is 28.2 Å². The van der Waals surface area contributed by atoms with Gasteiger partial charge < -0.3 is 5.32 Å². The number of sulfonamides is 1. The van der Waals surface area contributed by atoms with E-state index in [4.69, 9.17) is 23.2 Å². The fourth-order valence-corrected chi connectivity index (χ4v) is 4.85. The van der Waals surface area contributed by atoms with Gasteiger partial charge in [-0.1, -0.05) is 23.2 Å². The molecule has 32 heavy (non-hydrogen) atoms. The monoisotopic (exact) mass is 488 g/mol. The summed E-state index contributed by atoms with van der Waals surface area (Å²) in [5.41, 5.74) is 1.72. The Labute approximate surface area is 195 Å². The van der Waals surface area contributed by atoms with Crippen LogP contribution in [0.2, 0.25) is 10.0 Å². The molecule has 11 heteroatoms. The van der Waals surface area contributed by atoms with Crippen LogP contribution in [0.4, 0.5) is 17.2 Å². The number of hydrogen-bond acceptors (Lipinski definition) is 6. The van der Waals surface area contributed by atoms with Gasteiger partial charge in [0.15, 0.2) is 5.82 Å². The van der Waals surface area contributed by atoms with Gasteiger partial charge >= 0.3 is 0 Å². The second kappa shape index (κ2) is 8.78. The molecule has 8 nitrogen and oxygen atoms in total. The summed E-state index contributed by atoms with van der Waals surface area (Å²) < 4.78 is 29.7. The van der Waals surface area contributed by atoms with Gasteiger partial charge in [0.2, 0.25) is 0 Å². The number of aromatic nitrogens is 4. The highest BCUT2D eigenvalue weighted by atomic mass is 35.5. The molecule has 2 aromatic heterocycles. The Kier molecular flexibility index (Phi) is 6.05. The molecule has 0 aliphatic rings. The number of halogens is 2. The molecule has 0 radical (unpaired) electrons. The maximum absolute atomic E-state index is 12.8. The first kappa shape index (κ1) is 22.1. The van der Waals surface area contributed by atoms with Crippen LogP contribution in [0.3, 0.4) is 0 Å². The minimum Gasteiger partial charge on any atom is -0.340 e. The second-order valence-electron chi connectivity index (χ2n) is 6.95. The van der Waals surface area contributed by atoms with Crippen LogP contribution in [0, 0.1) is 13.8 Å². The van der Waals surface area contributed by atoms with Gasteiger partial charge in [-0.3, -0.25) is 4.72 Å². The van der Waals surface area contributed by atoms with Crippen molar-refractivity contribution in [3.8, 4) is 5.82 Å². The maximum Gasteiger partial charge on any atom is 0.263 e. The molecule has 0 aliphatic carbocycles. The van der Waals surface area contributed by atoms with Gasteiger partial charge in [-0.25, -0.2) is 23.1 Å². The molecule has 0 saturated heterocycles. The minimum absolute atomic E-state index is 0.0362. The van der Waals surface area contributed by atoms with E-state index in [1.807, 2.05) is 6.07 Å². The molecular weight excluding hydrogens is 471 g/mol. The van der Waals surface area contributed by atoms with Crippen LogP contribution in [0.5, 0.6) is 0 Å². The number of nitrogens with zero attached hydrogens (tertiary/aromatic N) is 4. The number of aryl methyl sites for hydroxylation is 2. The van der Waals surface area contributed by atoms with Crippen molar-refractivity contribution in [3.63, 3.8) is 0 Å². The Balaban J connectivity index is 1.52. The van der Waals surface area contributed by atoms with E-state index in [1.165, 1.54) is 12.1 Å². The van der Waals surface area contributed by atoms with Crippen LogP contribution in [0.15, 0.2) is 65.8 Å². The zero-order valence-electron chi connectivity index (χ0n) is 17.0. The second-order valence-corrected chi connectivity index (χ2v) is 9.41. The topological polar surface area (TPSA) is 102 Å². The van der Waals surface area contributed by atoms with E-state index < -0.39 is 10.0 Å². The molecule has 0 saturated carbocycles. The molecule has 2 N–H and O–H groups in total. The smallest absolute Gasteiger partial charge is 0.263 e. The maximum atomic E-state index is 12.8. The average molecular weight is 489 g/mol. The third-order valence-electron chi connectivity index (χ3n) is 4.48. The molecule has 0 bridgehead atoms. The third-order valence-corrected chi connectivity index (χ3v) is 6.73. The summed E-state index contributed by atoms with van der Waals surface area (Å²) in [7, 11) is -3.88. The van der Waals surface area contributed by atoms with E-state index in [2.05, 4.69) is 25.1 Å². The predicted molar refractivity (Wildman–Crippen MR) is 126 cm³/mol. The summed E-state index contributed by atoms with van der Waals surface area (Å²) in [5, 5.41) is 7.82. The van der Waals surface area contributed by atoms with Crippen LogP contribution in [-0.2, 0) is 10.0 Å². The van der Waals surface area contributed by atoms with E-state index in [0.717, 1.165) is 5.69 Å². The molecule has 164 valence electrons. The molecule has 0 fully saturated rings. The Bertz CT molecular complexity index is 1370. The van der Waals surface area contributed by atoms with Crippen molar-refractivity contribution in [3.05, 3.63) is 82.4 Å². The number of benzene rings is 2. The largest absolute Gasteiger partial charge is 0.340 e. The van der Waals surface area contributed by atoms with Crippen molar-refractivity contribution in [2.45, 2.75) is 18.7 Å². The van der Waals surface area contributed by atoms with Gasteiger partial charge in [-0.05, 0) is 61.9 Å². The fraction of sp³-hybridized carbons (Fsp3) is 0.0952. The van der Waals surface area contributed by atoms with Gasteiger partial charge in [0.1, 0.15) is 16.5 Å². The van der Waals surface area contributed by atoms with Gasteiger partial charge in [-0.15, -0.1) is 0 Å². The molecule has 4 aromatic rings. The molecule has 2 heterocycles. The normalized spacial score (nSPS) is 11.4. The molecule has 0 aliphatic heterocycles. The van der Waals surface area contributed by atoms with Crippen molar-refractivity contribution in [2.24, 2.45) is 0 Å². The molecule has 0 atom stereocenters. The lowest BCUT2D eigenvalue weighted by atomic mass is 10.2. The zero-order valence-corrected chi connectivity index (χ0v) is 19.4. The molecule has 2 aromatic carbocycles. The highest BCUT2D eigenvalue weighted by Crippen LogP contribution is 2.30. The number of anilines is 3. The summed E-state index contributed by atoms with van der Waals surface area (Å²) in [6, 6.07) is 13.2. The Morgan fingerprint density at radius 1 is 0.938 bits per heavy atom. The van der Waals surface area contributed by atoms with Crippen molar-refractivity contribution < 1.29 is 8.42 Å². The van der Waals surface area contributed by atoms with E-state index >= 15 is 0 Å². The Hall–Kier alpha value is -3.14. The third kappa shape index (κ3) is 4.85. The number of hydrogen-bond donors (Lipinski definition) is 2. The first-order chi connectivity index (χ1) is 15.2. The summed E-state index contributed by atoms with van der Waals surface area (Å²) in [6.07, 6.45) is 3.46. The molecular formula is C21H18Cl2N6O2S. The van der Waals surface area contributed by atoms with E-state index in [0.29, 0.717) is 33.7 Å². The van der Waals surface area contributed by atoms with Gasteiger partial charge in [-0.2, -0.15) is 5.10 Å². The quantitative estimate of drug-likeness (QED) is 0.389. The Morgan fingerprint density at radius 2 is 1.66 bits per heavy atom. The number of rotatable bonds is 6. The van der Waals surface area contributed by atoms with Crippen molar-refractivity contribution >= 4 is 50.4 Å². The van der Waals surface area contributed by atoms with Crippen LogP contribution in [0.25, 0.3) is 5.82 Å². The van der Waals surface area contributed by atoms with Crippen LogP contribution in [0.1, 0.15) is 11.4 Å². The Morgan fingerprint density at radius 3 is 2.34 bits per heavy atom. The van der Waals surface area contributed by atoms with Gasteiger partial charge in [0.25, 0.3) is 10.0 Å². The summed E-state index contributed by atoms with van der Waals surface area (Å²) in [6.45, 7) is 3.50. The summed E-state index contributed by atoms with van der Waals surface area (Å²) in [4.78, 5) is 8.72. The van der Waals surface area contributed by atoms with Gasteiger partial charge in [0.05, 0.1) is 5.02 Å². The molecule has 4 rings (SSSR count). The van der Waals surface area contributed by atoms with Gasteiger partial charge in [0, 0.05) is 34.9 Å². The van der Waals surface area contributed by atoms with E-state index in [1.54, 1.807) is 61.3 Å². The first-order valence-electron chi connectivity index (χ1n) is 9.42. The fourth-order valence-electron chi connectivity index (χ4n) is 2.95. The van der Waals surface area contributed by atoms with Crippen molar-refractivity contribution in [1.82, 2.24) is 19.7 Å². The SMILES string of the molecule is Cc1nc(Nc2ccc(NS(=O)(=O)c3cc(C)c(Cl)cc3Cl)cc2)cc(-n2cccn2)n1. The van der Waals surface area contributed by atoms with E-state index in [9.17, 15) is 8.42 Å². The highest BCUT2D eigenvalue weighted by Gasteiger charge is 2.19. The minimum atomic E-state index is -3.88.